The van der Waals surface area contributed by atoms with Crippen LogP contribution < -0.4 is 5.73 Å². The standard InChI is InChI=1S/C45H31N3O/c46-44(35-23-22-31-11-2-4-13-33(31)25-35)48-45(47-28-29-20-21-30-10-1-3-12-32(30)24-29)36-26-34-14-5-6-15-37(34)40(27-36)38-17-9-19-42-43(38)39-16-7-8-18-41(39)49-42/h1-27H,28H2,(H2,46,47,48). The molecule has 8 aromatic carbocycles. The molecule has 0 aliphatic heterocycles. The first kappa shape index (κ1) is 28.7. The highest BCUT2D eigenvalue weighted by Crippen LogP contribution is 2.40. The summed E-state index contributed by atoms with van der Waals surface area (Å²) in [6.07, 6.45) is 0. The monoisotopic (exact) mass is 629 g/mol. The molecule has 232 valence electrons. The van der Waals surface area contributed by atoms with Gasteiger partial charge in [0.15, 0.2) is 5.84 Å². The maximum atomic E-state index is 6.81. The van der Waals surface area contributed by atoms with Gasteiger partial charge in [0, 0.05) is 21.9 Å². The van der Waals surface area contributed by atoms with Gasteiger partial charge in [-0.25, -0.2) is 4.99 Å². The zero-order valence-electron chi connectivity index (χ0n) is 26.7. The third-order valence-corrected chi connectivity index (χ3v) is 9.31. The molecule has 4 nitrogen and oxygen atoms in total. The summed E-state index contributed by atoms with van der Waals surface area (Å²) in [6, 6.07) is 56.7. The van der Waals surface area contributed by atoms with Crippen LogP contribution in [-0.4, -0.2) is 11.7 Å². The van der Waals surface area contributed by atoms with Crippen LogP contribution in [0.25, 0.3) is 65.4 Å². The predicted octanol–water partition coefficient (Wildman–Crippen LogP) is 11.1. The molecule has 0 saturated heterocycles. The molecule has 9 rings (SSSR count). The largest absolute Gasteiger partial charge is 0.456 e. The number of fused-ring (bicyclic) bond motifs is 6. The van der Waals surface area contributed by atoms with E-state index in [1.165, 1.54) is 10.8 Å². The van der Waals surface area contributed by atoms with Crippen molar-refractivity contribution >= 4 is 65.9 Å². The Bertz CT molecular complexity index is 2770. The Labute approximate surface area is 283 Å². The van der Waals surface area contributed by atoms with E-state index in [0.717, 1.165) is 71.3 Å². The molecule has 0 fully saturated rings. The van der Waals surface area contributed by atoms with Crippen molar-refractivity contribution in [3.05, 3.63) is 180 Å². The van der Waals surface area contributed by atoms with Crippen molar-refractivity contribution in [1.82, 2.24) is 0 Å². The second-order valence-corrected chi connectivity index (χ2v) is 12.4. The third kappa shape index (κ3) is 5.30. The molecule has 0 unspecified atom stereocenters. The number of nitrogens with two attached hydrogens (primary N) is 1. The fourth-order valence-electron chi connectivity index (χ4n) is 6.88. The van der Waals surface area contributed by atoms with Crippen molar-refractivity contribution in [2.75, 3.05) is 0 Å². The van der Waals surface area contributed by atoms with Crippen LogP contribution in [0.15, 0.2) is 178 Å². The topological polar surface area (TPSA) is 63.9 Å². The third-order valence-electron chi connectivity index (χ3n) is 9.31. The summed E-state index contributed by atoms with van der Waals surface area (Å²) in [5.41, 5.74) is 13.6. The number of amidine groups is 2. The number of benzene rings is 8. The van der Waals surface area contributed by atoms with Gasteiger partial charge >= 0.3 is 0 Å². The molecular weight excluding hydrogens is 599 g/mol. The van der Waals surface area contributed by atoms with Crippen LogP contribution in [0.2, 0.25) is 0 Å². The first-order valence-corrected chi connectivity index (χ1v) is 16.5. The average molecular weight is 630 g/mol. The zero-order valence-corrected chi connectivity index (χ0v) is 26.7. The van der Waals surface area contributed by atoms with Crippen molar-refractivity contribution in [2.45, 2.75) is 6.54 Å². The second kappa shape index (κ2) is 11.9. The smallest absolute Gasteiger partial charge is 0.157 e. The average Bonchev–Trinajstić information content (AvgIpc) is 3.55. The van der Waals surface area contributed by atoms with Gasteiger partial charge in [0.1, 0.15) is 17.0 Å². The highest BCUT2D eigenvalue weighted by atomic mass is 16.3. The van der Waals surface area contributed by atoms with Gasteiger partial charge in [-0.05, 0) is 85.4 Å². The van der Waals surface area contributed by atoms with Gasteiger partial charge in [0.25, 0.3) is 0 Å². The van der Waals surface area contributed by atoms with E-state index in [1.54, 1.807) is 0 Å². The van der Waals surface area contributed by atoms with Gasteiger partial charge in [0.05, 0.1) is 6.54 Å². The molecule has 9 aromatic rings. The number of hydrogen-bond acceptors (Lipinski definition) is 2. The molecule has 0 amide bonds. The van der Waals surface area contributed by atoms with E-state index in [4.69, 9.17) is 20.1 Å². The van der Waals surface area contributed by atoms with Gasteiger partial charge in [-0.3, -0.25) is 4.99 Å². The van der Waals surface area contributed by atoms with Crippen LogP contribution in [0.3, 0.4) is 0 Å². The lowest BCUT2D eigenvalue weighted by Crippen LogP contribution is -2.16. The Kier molecular flexibility index (Phi) is 6.98. The molecular formula is C45H31N3O. The minimum absolute atomic E-state index is 0.417. The lowest BCUT2D eigenvalue weighted by atomic mass is 9.92. The number of para-hydroxylation sites is 1. The van der Waals surface area contributed by atoms with E-state index in [9.17, 15) is 0 Å². The van der Waals surface area contributed by atoms with Crippen LogP contribution >= 0.6 is 0 Å². The van der Waals surface area contributed by atoms with Gasteiger partial charge in [-0.1, -0.05) is 127 Å². The Morgan fingerprint density at radius 2 is 1.12 bits per heavy atom. The van der Waals surface area contributed by atoms with Gasteiger partial charge < -0.3 is 10.2 Å². The Morgan fingerprint density at radius 1 is 0.490 bits per heavy atom. The summed E-state index contributed by atoms with van der Waals surface area (Å²) in [6.45, 7) is 0.457. The van der Waals surface area contributed by atoms with Crippen molar-refractivity contribution < 1.29 is 4.42 Å². The fourth-order valence-corrected chi connectivity index (χ4v) is 6.88. The highest BCUT2D eigenvalue weighted by molar-refractivity contribution is 6.18. The minimum atomic E-state index is 0.417. The molecule has 1 heterocycles. The van der Waals surface area contributed by atoms with Crippen molar-refractivity contribution in [1.29, 1.82) is 0 Å². The van der Waals surface area contributed by atoms with Crippen LogP contribution in [0.5, 0.6) is 0 Å². The summed E-state index contributed by atoms with van der Waals surface area (Å²) in [5.74, 6) is 0.996. The van der Waals surface area contributed by atoms with E-state index >= 15 is 0 Å². The zero-order chi connectivity index (χ0) is 32.7. The fraction of sp³-hybridized carbons (Fsp3) is 0.0222. The van der Waals surface area contributed by atoms with Crippen LogP contribution in [0.4, 0.5) is 0 Å². The summed E-state index contributed by atoms with van der Waals surface area (Å²) in [5, 5.41) is 9.08. The lowest BCUT2D eigenvalue weighted by Gasteiger charge is -2.13. The number of rotatable bonds is 5. The number of aliphatic imine (C=N–C) groups is 2. The van der Waals surface area contributed by atoms with E-state index in [0.29, 0.717) is 18.2 Å². The van der Waals surface area contributed by atoms with E-state index in [2.05, 4.69) is 127 Å². The highest BCUT2D eigenvalue weighted by Gasteiger charge is 2.17. The van der Waals surface area contributed by atoms with Crippen molar-refractivity contribution in [2.24, 2.45) is 15.7 Å². The summed E-state index contributed by atoms with van der Waals surface area (Å²) in [7, 11) is 0. The van der Waals surface area contributed by atoms with Crippen molar-refractivity contribution in [3.63, 3.8) is 0 Å². The molecule has 4 heteroatoms. The van der Waals surface area contributed by atoms with E-state index in [-0.39, 0.29) is 0 Å². The van der Waals surface area contributed by atoms with Crippen molar-refractivity contribution in [3.8, 4) is 11.1 Å². The van der Waals surface area contributed by atoms with Gasteiger partial charge in [-0.15, -0.1) is 0 Å². The molecule has 0 radical (unpaired) electrons. The SMILES string of the molecule is NC(=NC(=NCc1ccc2ccccc2c1)c1cc(-c2cccc3oc4ccccc4c23)c2ccccc2c1)c1ccc2ccccc2c1. The summed E-state index contributed by atoms with van der Waals surface area (Å²) >= 11 is 0. The molecule has 0 saturated carbocycles. The normalized spacial score (nSPS) is 12.5. The molecule has 49 heavy (non-hydrogen) atoms. The van der Waals surface area contributed by atoms with Crippen LogP contribution in [-0.2, 0) is 6.54 Å². The van der Waals surface area contributed by atoms with Gasteiger partial charge in [0.2, 0.25) is 0 Å². The predicted molar refractivity (Wildman–Crippen MR) is 206 cm³/mol. The Morgan fingerprint density at radius 3 is 1.94 bits per heavy atom. The molecule has 0 aliphatic rings. The first-order valence-electron chi connectivity index (χ1n) is 16.5. The summed E-state index contributed by atoms with van der Waals surface area (Å²) < 4.78 is 6.29. The Balaban J connectivity index is 1.24. The Hall–Kier alpha value is -6.52. The maximum absolute atomic E-state index is 6.81. The molecule has 0 bridgehead atoms. The maximum Gasteiger partial charge on any atom is 0.157 e. The summed E-state index contributed by atoms with van der Waals surface area (Å²) in [4.78, 5) is 10.2. The molecule has 0 aliphatic carbocycles. The van der Waals surface area contributed by atoms with Crippen LogP contribution in [0, 0.1) is 0 Å². The number of hydrogen-bond donors (Lipinski definition) is 1. The molecule has 1 aromatic heterocycles. The number of furan rings is 1. The quantitative estimate of drug-likeness (QED) is 0.152. The number of nitrogens with zero attached hydrogens (tertiary/aromatic N) is 2. The minimum Gasteiger partial charge on any atom is -0.456 e. The molecule has 2 N–H and O–H groups in total. The first-order chi connectivity index (χ1) is 24.2. The lowest BCUT2D eigenvalue weighted by molar-refractivity contribution is 0.669. The molecule has 0 spiro atoms. The molecule has 0 atom stereocenters. The van der Waals surface area contributed by atoms with E-state index in [1.807, 2.05) is 36.4 Å². The second-order valence-electron chi connectivity index (χ2n) is 12.4. The van der Waals surface area contributed by atoms with E-state index < -0.39 is 0 Å². The van der Waals surface area contributed by atoms with Gasteiger partial charge in [-0.2, -0.15) is 0 Å². The van der Waals surface area contributed by atoms with Crippen LogP contribution in [0.1, 0.15) is 16.7 Å².